The molecule has 0 aliphatic carbocycles. The van der Waals surface area contributed by atoms with Crippen molar-refractivity contribution in [3.05, 3.63) is 29.2 Å². The molecule has 7 heteroatoms. The number of ether oxygens (including phenoxy) is 1. The smallest absolute Gasteiger partial charge is 0.377 e. The van der Waals surface area contributed by atoms with Crippen LogP contribution in [0.5, 0.6) is 0 Å². The molecular formula is C9H7N3O3S. The Morgan fingerprint density at radius 1 is 1.56 bits per heavy atom. The molecule has 0 aliphatic rings. The molecule has 2 heterocycles. The second-order valence-corrected chi connectivity index (χ2v) is 3.89. The Balaban J connectivity index is 2.31. The maximum atomic E-state index is 11.1. The topological polar surface area (TPSA) is 74.1 Å². The van der Waals surface area contributed by atoms with Crippen molar-refractivity contribution in [1.29, 1.82) is 0 Å². The van der Waals surface area contributed by atoms with E-state index in [4.69, 9.17) is 0 Å². The normalized spacial score (nSPS) is 10.1. The van der Waals surface area contributed by atoms with Gasteiger partial charge in [0.15, 0.2) is 6.29 Å². The van der Waals surface area contributed by atoms with Gasteiger partial charge in [0.05, 0.1) is 12.0 Å². The highest BCUT2D eigenvalue weighted by molar-refractivity contribution is 7.16. The van der Waals surface area contributed by atoms with Gasteiger partial charge in [0, 0.05) is 0 Å². The summed E-state index contributed by atoms with van der Waals surface area (Å²) in [6, 6.07) is 3.40. The number of hydrogen-bond acceptors (Lipinski definition) is 6. The molecule has 0 bridgehead atoms. The fourth-order valence-electron chi connectivity index (χ4n) is 1.08. The summed E-state index contributed by atoms with van der Waals surface area (Å²) in [5.74, 6) is -0.602. The Hall–Kier alpha value is -2.02. The molecule has 0 aromatic carbocycles. The van der Waals surface area contributed by atoms with Crippen molar-refractivity contribution in [3.63, 3.8) is 0 Å². The first kappa shape index (κ1) is 10.5. The van der Waals surface area contributed by atoms with Gasteiger partial charge in [-0.05, 0) is 12.1 Å². The molecule has 6 nitrogen and oxygen atoms in total. The van der Waals surface area contributed by atoms with Crippen LogP contribution in [0.3, 0.4) is 0 Å². The summed E-state index contributed by atoms with van der Waals surface area (Å²) in [4.78, 5) is 26.0. The maximum absolute atomic E-state index is 11.1. The molecule has 0 saturated heterocycles. The highest BCUT2D eigenvalue weighted by Gasteiger charge is 2.12. The van der Waals surface area contributed by atoms with Gasteiger partial charge in [0.2, 0.25) is 0 Å². The molecule has 0 atom stereocenters. The quantitative estimate of drug-likeness (QED) is 0.586. The van der Waals surface area contributed by atoms with Gasteiger partial charge in [-0.2, -0.15) is 0 Å². The minimum absolute atomic E-state index is 0.0106. The molecule has 0 spiro atoms. The van der Waals surface area contributed by atoms with E-state index in [-0.39, 0.29) is 5.82 Å². The van der Waals surface area contributed by atoms with E-state index >= 15 is 0 Å². The van der Waals surface area contributed by atoms with Crippen molar-refractivity contribution in [3.8, 4) is 5.00 Å². The third-order valence-electron chi connectivity index (χ3n) is 1.81. The number of esters is 1. The third kappa shape index (κ3) is 1.84. The van der Waals surface area contributed by atoms with Crippen molar-refractivity contribution >= 4 is 23.6 Å². The number of thiophene rings is 1. The van der Waals surface area contributed by atoms with Gasteiger partial charge in [0.1, 0.15) is 11.3 Å². The van der Waals surface area contributed by atoms with E-state index in [2.05, 4.69) is 14.8 Å². The predicted octanol–water partition coefficient (Wildman–Crippen LogP) is 0.928. The van der Waals surface area contributed by atoms with Crippen LogP contribution in [0.1, 0.15) is 20.3 Å². The first-order valence-corrected chi connectivity index (χ1v) is 5.11. The summed E-state index contributed by atoms with van der Waals surface area (Å²) in [5, 5.41) is 4.64. The summed E-state index contributed by atoms with van der Waals surface area (Å²) in [7, 11) is 1.26. The van der Waals surface area contributed by atoms with Crippen LogP contribution in [0.2, 0.25) is 0 Å². The number of methoxy groups -OCH3 is 1. The average molecular weight is 237 g/mol. The van der Waals surface area contributed by atoms with Gasteiger partial charge >= 0.3 is 5.97 Å². The van der Waals surface area contributed by atoms with Crippen LogP contribution in [0.15, 0.2) is 18.5 Å². The van der Waals surface area contributed by atoms with E-state index in [9.17, 15) is 9.59 Å². The number of hydrogen-bond donors (Lipinski definition) is 0. The zero-order chi connectivity index (χ0) is 11.5. The summed E-state index contributed by atoms with van der Waals surface area (Å²) < 4.78 is 5.90. The van der Waals surface area contributed by atoms with E-state index in [1.54, 1.807) is 12.1 Å². The van der Waals surface area contributed by atoms with E-state index in [1.807, 2.05) is 0 Å². The first-order valence-electron chi connectivity index (χ1n) is 4.30. The minimum Gasteiger partial charge on any atom is -0.463 e. The molecule has 82 valence electrons. The standard InChI is InChI=1S/C9H7N3O3S/c1-15-9(14)8-10-5-12(11-8)7-3-2-6(4-13)16-7/h2-5H,1H3. The maximum Gasteiger partial charge on any atom is 0.377 e. The average Bonchev–Trinajstić information content (AvgIpc) is 2.95. The lowest BCUT2D eigenvalue weighted by molar-refractivity contribution is 0.0587. The van der Waals surface area contributed by atoms with Gasteiger partial charge in [-0.3, -0.25) is 4.79 Å². The highest BCUT2D eigenvalue weighted by Crippen LogP contribution is 2.18. The molecule has 0 unspecified atom stereocenters. The molecule has 0 saturated carbocycles. The Morgan fingerprint density at radius 2 is 2.38 bits per heavy atom. The molecule has 0 amide bonds. The second kappa shape index (κ2) is 4.23. The molecule has 0 N–H and O–H groups in total. The van der Waals surface area contributed by atoms with Crippen molar-refractivity contribution < 1.29 is 14.3 Å². The van der Waals surface area contributed by atoms with Gasteiger partial charge in [0.25, 0.3) is 5.82 Å². The highest BCUT2D eigenvalue weighted by atomic mass is 32.1. The van der Waals surface area contributed by atoms with Crippen molar-refractivity contribution in [2.75, 3.05) is 7.11 Å². The first-order chi connectivity index (χ1) is 7.74. The summed E-state index contributed by atoms with van der Waals surface area (Å²) in [5.41, 5.74) is 0. The number of nitrogens with zero attached hydrogens (tertiary/aromatic N) is 3. The molecule has 0 aliphatic heterocycles. The number of aromatic nitrogens is 3. The largest absolute Gasteiger partial charge is 0.463 e. The zero-order valence-corrected chi connectivity index (χ0v) is 9.10. The number of carbonyl (C=O) groups is 2. The van der Waals surface area contributed by atoms with Gasteiger partial charge in [-0.25, -0.2) is 14.5 Å². The van der Waals surface area contributed by atoms with Crippen molar-refractivity contribution in [2.45, 2.75) is 0 Å². The van der Waals surface area contributed by atoms with Gasteiger partial charge < -0.3 is 4.74 Å². The number of rotatable bonds is 3. The van der Waals surface area contributed by atoms with Crippen LogP contribution in [0, 0.1) is 0 Å². The Morgan fingerprint density at radius 3 is 3.00 bits per heavy atom. The molecule has 16 heavy (non-hydrogen) atoms. The molecule has 2 aromatic heterocycles. The molecule has 0 fully saturated rings. The van der Waals surface area contributed by atoms with Crippen LogP contribution >= 0.6 is 11.3 Å². The second-order valence-electron chi connectivity index (χ2n) is 2.80. The lowest BCUT2D eigenvalue weighted by Crippen LogP contribution is -2.04. The minimum atomic E-state index is -0.592. The fraction of sp³-hybridized carbons (Fsp3) is 0.111. The summed E-state index contributed by atoms with van der Waals surface area (Å²) in [6.07, 6.45) is 2.15. The van der Waals surface area contributed by atoms with Gasteiger partial charge in [-0.15, -0.1) is 16.4 Å². The molecule has 2 rings (SSSR count). The fourth-order valence-corrected chi connectivity index (χ4v) is 1.83. The number of carbonyl (C=O) groups excluding carboxylic acids is 2. The summed E-state index contributed by atoms with van der Waals surface area (Å²) in [6.45, 7) is 0. The van der Waals surface area contributed by atoms with E-state index in [1.165, 1.54) is 29.5 Å². The van der Waals surface area contributed by atoms with Crippen LogP contribution in [0.25, 0.3) is 5.00 Å². The predicted molar refractivity (Wildman–Crippen MR) is 56.0 cm³/mol. The molecular weight excluding hydrogens is 230 g/mol. The van der Waals surface area contributed by atoms with E-state index < -0.39 is 5.97 Å². The van der Waals surface area contributed by atoms with Crippen LogP contribution in [0.4, 0.5) is 0 Å². The Kier molecular flexibility index (Phi) is 2.78. The van der Waals surface area contributed by atoms with Gasteiger partial charge in [-0.1, -0.05) is 0 Å². The van der Waals surface area contributed by atoms with Crippen molar-refractivity contribution in [1.82, 2.24) is 14.8 Å². The number of aldehydes is 1. The Bertz CT molecular complexity index is 532. The van der Waals surface area contributed by atoms with Crippen LogP contribution < -0.4 is 0 Å². The van der Waals surface area contributed by atoms with E-state index in [0.29, 0.717) is 9.88 Å². The molecule has 2 aromatic rings. The van der Waals surface area contributed by atoms with Crippen LogP contribution in [-0.4, -0.2) is 34.1 Å². The zero-order valence-electron chi connectivity index (χ0n) is 8.28. The molecule has 0 radical (unpaired) electrons. The Labute approximate surface area is 94.5 Å². The lowest BCUT2D eigenvalue weighted by atomic mass is 10.5. The monoisotopic (exact) mass is 237 g/mol. The SMILES string of the molecule is COC(=O)c1ncn(-c2ccc(C=O)s2)n1. The van der Waals surface area contributed by atoms with Crippen LogP contribution in [-0.2, 0) is 4.74 Å². The third-order valence-corrected chi connectivity index (χ3v) is 2.81. The summed E-state index contributed by atoms with van der Waals surface area (Å²) >= 11 is 1.26. The van der Waals surface area contributed by atoms with E-state index in [0.717, 1.165) is 6.29 Å². The van der Waals surface area contributed by atoms with Crippen molar-refractivity contribution in [2.24, 2.45) is 0 Å². The lowest BCUT2D eigenvalue weighted by Gasteiger charge is -1.93.